The minimum atomic E-state index is -0.265. The van der Waals surface area contributed by atoms with Crippen molar-refractivity contribution in [2.24, 2.45) is 5.92 Å². The minimum absolute atomic E-state index is 0.196. The van der Waals surface area contributed by atoms with E-state index in [1.54, 1.807) is 12.1 Å². The predicted octanol–water partition coefficient (Wildman–Crippen LogP) is 3.32. The van der Waals surface area contributed by atoms with E-state index in [1.165, 1.54) is 0 Å². The molecule has 23 heavy (non-hydrogen) atoms. The van der Waals surface area contributed by atoms with Gasteiger partial charge in [0.1, 0.15) is 5.82 Å². The first-order chi connectivity index (χ1) is 11.0. The van der Waals surface area contributed by atoms with Crippen molar-refractivity contribution in [3.05, 3.63) is 35.1 Å². The molecule has 1 saturated heterocycles. The quantitative estimate of drug-likeness (QED) is 0.874. The molecule has 5 heteroatoms. The number of urea groups is 1. The van der Waals surface area contributed by atoms with Crippen LogP contribution in [0.2, 0.25) is 0 Å². The molecule has 1 aliphatic carbocycles. The highest BCUT2D eigenvalue weighted by Crippen LogP contribution is 2.40. The van der Waals surface area contributed by atoms with Crippen molar-refractivity contribution in [1.29, 1.82) is 0 Å². The van der Waals surface area contributed by atoms with Crippen LogP contribution in [0.1, 0.15) is 50.2 Å². The minimum Gasteiger partial charge on any atom is -0.375 e. The molecule has 0 bridgehead atoms. The largest absolute Gasteiger partial charge is 0.375 e. The third kappa shape index (κ3) is 4.02. The first-order valence-electron chi connectivity index (χ1n) is 8.39. The molecule has 126 valence electrons. The van der Waals surface area contributed by atoms with Gasteiger partial charge in [-0.2, -0.15) is 0 Å². The lowest BCUT2D eigenvalue weighted by atomic mass is 9.91. The Balaban J connectivity index is 1.45. The van der Waals surface area contributed by atoms with Crippen molar-refractivity contribution < 1.29 is 13.9 Å². The van der Waals surface area contributed by atoms with Gasteiger partial charge < -0.3 is 15.4 Å². The number of ether oxygens (including phenoxy) is 1. The lowest BCUT2D eigenvalue weighted by Crippen LogP contribution is -2.42. The summed E-state index contributed by atoms with van der Waals surface area (Å²) >= 11 is 0. The van der Waals surface area contributed by atoms with Crippen LogP contribution in [0.15, 0.2) is 18.2 Å². The molecular weight excluding hydrogens is 295 g/mol. The van der Waals surface area contributed by atoms with Gasteiger partial charge in [0, 0.05) is 31.2 Å². The Kier molecular flexibility index (Phi) is 4.57. The van der Waals surface area contributed by atoms with E-state index in [2.05, 4.69) is 10.6 Å². The van der Waals surface area contributed by atoms with E-state index in [1.807, 2.05) is 19.9 Å². The molecule has 1 aromatic rings. The van der Waals surface area contributed by atoms with Crippen LogP contribution in [0.3, 0.4) is 0 Å². The fourth-order valence-electron chi connectivity index (χ4n) is 3.11. The molecule has 1 atom stereocenters. The van der Waals surface area contributed by atoms with Gasteiger partial charge in [0.2, 0.25) is 0 Å². The van der Waals surface area contributed by atoms with Gasteiger partial charge in [0.15, 0.2) is 0 Å². The normalized spacial score (nSPS) is 22.8. The molecule has 3 rings (SSSR count). The number of halogens is 1. The molecule has 2 fully saturated rings. The lowest BCUT2D eigenvalue weighted by molar-refractivity contribution is 0.0120. The monoisotopic (exact) mass is 320 g/mol. The molecule has 0 aromatic heterocycles. The van der Waals surface area contributed by atoms with Crippen molar-refractivity contribution in [2.75, 3.05) is 13.2 Å². The van der Waals surface area contributed by atoms with Crippen LogP contribution in [-0.2, 0) is 11.3 Å². The summed E-state index contributed by atoms with van der Waals surface area (Å²) in [5.41, 5.74) is 1.39. The summed E-state index contributed by atoms with van der Waals surface area (Å²) in [5, 5.41) is 5.58. The summed E-state index contributed by atoms with van der Waals surface area (Å²) < 4.78 is 19.7. The fraction of sp³-hybridized carbons (Fsp3) is 0.611. The van der Waals surface area contributed by atoms with Crippen LogP contribution < -0.4 is 10.6 Å². The maximum atomic E-state index is 14.0. The summed E-state index contributed by atoms with van der Waals surface area (Å²) in [6.45, 7) is 5.59. The molecule has 1 heterocycles. The molecule has 2 amide bonds. The Labute approximate surface area is 136 Å². The molecular formula is C18H25FN2O2. The first-order valence-corrected chi connectivity index (χ1v) is 8.39. The topological polar surface area (TPSA) is 50.4 Å². The fourth-order valence-corrected chi connectivity index (χ4v) is 3.11. The van der Waals surface area contributed by atoms with Gasteiger partial charge in [-0.05, 0) is 50.7 Å². The lowest BCUT2D eigenvalue weighted by Gasteiger charge is -2.25. The zero-order valence-corrected chi connectivity index (χ0v) is 13.8. The van der Waals surface area contributed by atoms with E-state index in [4.69, 9.17) is 4.74 Å². The molecule has 1 aliphatic heterocycles. The van der Waals surface area contributed by atoms with Gasteiger partial charge in [-0.1, -0.05) is 12.1 Å². The number of hydrogen-bond acceptors (Lipinski definition) is 2. The average molecular weight is 320 g/mol. The Hall–Kier alpha value is -1.62. The SMILES string of the molecule is CC1(C)OCCC1CNC(=O)NCc1ccc(C2CC2)cc1F. The predicted molar refractivity (Wildman–Crippen MR) is 86.8 cm³/mol. The molecule has 0 radical (unpaired) electrons. The highest BCUT2D eigenvalue weighted by atomic mass is 19.1. The molecule has 1 aromatic carbocycles. The van der Waals surface area contributed by atoms with E-state index in [0.717, 1.165) is 31.4 Å². The zero-order valence-electron chi connectivity index (χ0n) is 13.8. The second-order valence-corrected chi connectivity index (χ2v) is 7.13. The Morgan fingerprint density at radius 1 is 1.30 bits per heavy atom. The molecule has 1 saturated carbocycles. The highest BCUT2D eigenvalue weighted by molar-refractivity contribution is 5.73. The smallest absolute Gasteiger partial charge is 0.315 e. The number of amides is 2. The Morgan fingerprint density at radius 3 is 2.70 bits per heavy atom. The summed E-state index contributed by atoms with van der Waals surface area (Å²) in [5.74, 6) is 0.606. The maximum absolute atomic E-state index is 14.0. The first kappa shape index (κ1) is 16.2. The third-order valence-corrected chi connectivity index (χ3v) is 5.00. The Bertz CT molecular complexity index is 584. The van der Waals surface area contributed by atoms with E-state index in [0.29, 0.717) is 23.9 Å². The average Bonchev–Trinajstić information content (AvgIpc) is 3.28. The van der Waals surface area contributed by atoms with Crippen LogP contribution in [-0.4, -0.2) is 24.8 Å². The van der Waals surface area contributed by atoms with Crippen molar-refractivity contribution >= 4 is 6.03 Å². The molecule has 2 N–H and O–H groups in total. The molecule has 1 unspecified atom stereocenters. The van der Waals surface area contributed by atoms with Crippen LogP contribution in [0.25, 0.3) is 0 Å². The number of carbonyl (C=O) groups is 1. The van der Waals surface area contributed by atoms with E-state index in [-0.39, 0.29) is 24.0 Å². The van der Waals surface area contributed by atoms with Gasteiger partial charge >= 0.3 is 6.03 Å². The van der Waals surface area contributed by atoms with Crippen LogP contribution in [0.4, 0.5) is 9.18 Å². The Morgan fingerprint density at radius 2 is 2.09 bits per heavy atom. The standard InChI is InChI=1S/C18H25FN2O2/c1-18(2)15(7-8-23-18)11-21-17(22)20-10-14-6-5-13(9-16(14)19)12-3-4-12/h5-6,9,12,15H,3-4,7-8,10-11H2,1-2H3,(H2,20,21,22). The number of rotatable bonds is 5. The number of carbonyl (C=O) groups excluding carboxylic acids is 1. The molecule has 2 aliphatic rings. The second-order valence-electron chi connectivity index (χ2n) is 7.13. The van der Waals surface area contributed by atoms with Crippen molar-refractivity contribution in [2.45, 2.75) is 51.2 Å². The maximum Gasteiger partial charge on any atom is 0.315 e. The third-order valence-electron chi connectivity index (χ3n) is 5.00. The van der Waals surface area contributed by atoms with Gasteiger partial charge in [0.05, 0.1) is 5.60 Å². The summed E-state index contributed by atoms with van der Waals surface area (Å²) in [4.78, 5) is 11.9. The van der Waals surface area contributed by atoms with Crippen LogP contribution in [0, 0.1) is 11.7 Å². The number of nitrogens with one attached hydrogen (secondary N) is 2. The van der Waals surface area contributed by atoms with Gasteiger partial charge in [-0.25, -0.2) is 9.18 Å². The molecule has 4 nitrogen and oxygen atoms in total. The van der Waals surface area contributed by atoms with Crippen LogP contribution >= 0.6 is 0 Å². The second kappa shape index (κ2) is 6.48. The van der Waals surface area contributed by atoms with Crippen LogP contribution in [0.5, 0.6) is 0 Å². The van der Waals surface area contributed by atoms with Crippen molar-refractivity contribution in [3.8, 4) is 0 Å². The van der Waals surface area contributed by atoms with Crippen molar-refractivity contribution in [1.82, 2.24) is 10.6 Å². The number of benzene rings is 1. The van der Waals surface area contributed by atoms with E-state index >= 15 is 0 Å². The number of hydrogen-bond donors (Lipinski definition) is 2. The van der Waals surface area contributed by atoms with Crippen molar-refractivity contribution in [3.63, 3.8) is 0 Å². The van der Waals surface area contributed by atoms with Gasteiger partial charge in [-0.3, -0.25) is 0 Å². The summed E-state index contributed by atoms with van der Waals surface area (Å²) in [7, 11) is 0. The van der Waals surface area contributed by atoms with E-state index < -0.39 is 0 Å². The van der Waals surface area contributed by atoms with Gasteiger partial charge in [-0.15, -0.1) is 0 Å². The van der Waals surface area contributed by atoms with Gasteiger partial charge in [0.25, 0.3) is 0 Å². The highest BCUT2D eigenvalue weighted by Gasteiger charge is 2.35. The summed E-state index contributed by atoms with van der Waals surface area (Å²) in [6, 6.07) is 5.08. The van der Waals surface area contributed by atoms with E-state index in [9.17, 15) is 9.18 Å². The zero-order chi connectivity index (χ0) is 16.4. The summed E-state index contributed by atoms with van der Waals surface area (Å²) in [6.07, 6.45) is 3.26. The molecule has 0 spiro atoms.